The van der Waals surface area contributed by atoms with Gasteiger partial charge in [0.25, 0.3) is 0 Å². The van der Waals surface area contributed by atoms with E-state index in [0.29, 0.717) is 30.6 Å². The molecule has 0 aliphatic carbocycles. The van der Waals surface area contributed by atoms with Crippen molar-refractivity contribution in [3.8, 4) is 5.75 Å². The Morgan fingerprint density at radius 2 is 2.21 bits per heavy atom. The molecule has 0 aliphatic rings. The van der Waals surface area contributed by atoms with Crippen molar-refractivity contribution in [3.63, 3.8) is 0 Å². The van der Waals surface area contributed by atoms with Crippen molar-refractivity contribution in [3.05, 3.63) is 36.9 Å². The smallest absolute Gasteiger partial charge is 0.238 e. The fourth-order valence-corrected chi connectivity index (χ4v) is 1.45. The normalized spacial score (nSPS) is 11.7. The first-order chi connectivity index (χ1) is 9.17. The molecule has 1 aromatic carbocycles. The Hall–Kier alpha value is -1.81. The van der Waals surface area contributed by atoms with Gasteiger partial charge in [-0.25, -0.2) is 0 Å². The van der Waals surface area contributed by atoms with E-state index < -0.39 is 0 Å². The van der Waals surface area contributed by atoms with Crippen LogP contribution in [0.3, 0.4) is 0 Å². The van der Waals surface area contributed by atoms with Gasteiger partial charge in [-0.3, -0.25) is 4.79 Å². The molecule has 4 nitrogen and oxygen atoms in total. The van der Waals surface area contributed by atoms with E-state index in [4.69, 9.17) is 4.74 Å². The van der Waals surface area contributed by atoms with Crippen molar-refractivity contribution in [2.45, 2.75) is 26.3 Å². The predicted molar refractivity (Wildman–Crippen MR) is 78.5 cm³/mol. The summed E-state index contributed by atoms with van der Waals surface area (Å²) in [7, 11) is 0. The molecule has 2 N–H and O–H groups in total. The van der Waals surface area contributed by atoms with Gasteiger partial charge in [0.1, 0.15) is 12.4 Å². The molecule has 104 valence electrons. The minimum absolute atomic E-state index is 0.0741. The van der Waals surface area contributed by atoms with Crippen molar-refractivity contribution in [2.75, 3.05) is 18.5 Å². The fraction of sp³-hybridized carbons (Fsp3) is 0.400. The predicted octanol–water partition coefficient (Wildman–Crippen LogP) is 2.58. The zero-order valence-corrected chi connectivity index (χ0v) is 11.6. The molecular formula is C15H22N2O2. The maximum atomic E-state index is 11.8. The summed E-state index contributed by atoms with van der Waals surface area (Å²) in [5.74, 6) is 0.578. The summed E-state index contributed by atoms with van der Waals surface area (Å²) < 4.78 is 5.48. The van der Waals surface area contributed by atoms with Crippen LogP contribution in [0.1, 0.15) is 20.3 Å². The van der Waals surface area contributed by atoms with Crippen molar-refractivity contribution in [1.29, 1.82) is 0 Å². The highest BCUT2D eigenvalue weighted by Crippen LogP contribution is 2.23. The number of nitrogens with one attached hydrogen (secondary N) is 2. The summed E-state index contributed by atoms with van der Waals surface area (Å²) in [4.78, 5) is 11.8. The van der Waals surface area contributed by atoms with E-state index in [-0.39, 0.29) is 5.91 Å². The van der Waals surface area contributed by atoms with Gasteiger partial charge in [-0.1, -0.05) is 31.7 Å². The number of para-hydroxylation sites is 2. The lowest BCUT2D eigenvalue weighted by molar-refractivity contribution is -0.115. The maximum absolute atomic E-state index is 11.8. The Bertz CT molecular complexity index is 418. The summed E-state index contributed by atoms with van der Waals surface area (Å²) in [6.07, 6.45) is 2.66. The average molecular weight is 262 g/mol. The van der Waals surface area contributed by atoms with E-state index in [1.807, 2.05) is 24.3 Å². The van der Waals surface area contributed by atoms with Crippen molar-refractivity contribution in [2.24, 2.45) is 0 Å². The molecule has 0 aromatic heterocycles. The number of amides is 1. The molecule has 1 unspecified atom stereocenters. The van der Waals surface area contributed by atoms with Gasteiger partial charge in [0.05, 0.1) is 12.2 Å². The van der Waals surface area contributed by atoms with Gasteiger partial charge in [-0.15, -0.1) is 0 Å². The van der Waals surface area contributed by atoms with E-state index in [1.165, 1.54) is 0 Å². The lowest BCUT2D eigenvalue weighted by Gasteiger charge is -2.13. The largest absolute Gasteiger partial charge is 0.487 e. The Balaban J connectivity index is 2.55. The quantitative estimate of drug-likeness (QED) is 0.708. The third-order valence-electron chi connectivity index (χ3n) is 2.74. The second-order valence-electron chi connectivity index (χ2n) is 4.33. The lowest BCUT2D eigenvalue weighted by atomic mass is 10.2. The van der Waals surface area contributed by atoms with Crippen molar-refractivity contribution in [1.82, 2.24) is 5.32 Å². The second kappa shape index (κ2) is 8.32. The number of rotatable bonds is 8. The number of carbonyl (C=O) groups is 1. The van der Waals surface area contributed by atoms with Gasteiger partial charge in [-0.2, -0.15) is 0 Å². The summed E-state index contributed by atoms with van der Waals surface area (Å²) in [5, 5.41) is 5.98. The molecular weight excluding hydrogens is 240 g/mol. The zero-order valence-electron chi connectivity index (χ0n) is 11.6. The van der Waals surface area contributed by atoms with E-state index in [0.717, 1.165) is 6.42 Å². The van der Waals surface area contributed by atoms with Crippen LogP contribution in [0, 0.1) is 0 Å². The molecule has 1 amide bonds. The molecule has 1 aromatic rings. The van der Waals surface area contributed by atoms with Gasteiger partial charge in [-0.05, 0) is 25.5 Å². The minimum atomic E-state index is -0.0741. The van der Waals surface area contributed by atoms with Crippen LogP contribution in [-0.2, 0) is 4.79 Å². The number of benzene rings is 1. The highest BCUT2D eigenvalue weighted by atomic mass is 16.5. The molecule has 1 atom stereocenters. The summed E-state index contributed by atoms with van der Waals surface area (Å²) in [5.41, 5.74) is 0.681. The molecule has 0 aliphatic heterocycles. The van der Waals surface area contributed by atoms with Crippen molar-refractivity contribution < 1.29 is 9.53 Å². The SMILES string of the molecule is C=CCOc1ccccc1NC(=O)CNC(C)CC. The Morgan fingerprint density at radius 3 is 2.89 bits per heavy atom. The summed E-state index contributed by atoms with van der Waals surface area (Å²) in [6, 6.07) is 7.70. The van der Waals surface area contributed by atoms with E-state index in [1.54, 1.807) is 6.08 Å². The molecule has 4 heteroatoms. The van der Waals surface area contributed by atoms with Gasteiger partial charge < -0.3 is 15.4 Å². The van der Waals surface area contributed by atoms with Crippen LogP contribution in [0.4, 0.5) is 5.69 Å². The van der Waals surface area contributed by atoms with E-state index in [9.17, 15) is 4.79 Å². The van der Waals surface area contributed by atoms with E-state index in [2.05, 4.69) is 31.1 Å². The number of anilines is 1. The number of carbonyl (C=O) groups excluding carboxylic acids is 1. The summed E-state index contributed by atoms with van der Waals surface area (Å²) in [6.45, 7) is 8.44. The van der Waals surface area contributed by atoms with Crippen LogP contribution in [0.15, 0.2) is 36.9 Å². The van der Waals surface area contributed by atoms with Crippen LogP contribution >= 0.6 is 0 Å². The van der Waals surface area contributed by atoms with Crippen molar-refractivity contribution >= 4 is 11.6 Å². The highest BCUT2D eigenvalue weighted by Gasteiger charge is 2.08. The first-order valence-corrected chi connectivity index (χ1v) is 6.53. The molecule has 1 rings (SSSR count). The van der Waals surface area contributed by atoms with Gasteiger partial charge in [0.15, 0.2) is 0 Å². The molecule has 0 bridgehead atoms. The van der Waals surface area contributed by atoms with E-state index >= 15 is 0 Å². The Morgan fingerprint density at radius 1 is 1.47 bits per heavy atom. The molecule has 0 radical (unpaired) electrons. The number of hydrogen-bond donors (Lipinski definition) is 2. The summed E-state index contributed by atoms with van der Waals surface area (Å²) >= 11 is 0. The molecule has 0 fully saturated rings. The molecule has 19 heavy (non-hydrogen) atoms. The first kappa shape index (κ1) is 15.2. The molecule has 0 saturated carbocycles. The Labute approximate surface area is 114 Å². The third-order valence-corrected chi connectivity index (χ3v) is 2.74. The first-order valence-electron chi connectivity index (χ1n) is 6.53. The minimum Gasteiger partial charge on any atom is -0.487 e. The maximum Gasteiger partial charge on any atom is 0.238 e. The number of ether oxygens (including phenoxy) is 1. The zero-order chi connectivity index (χ0) is 14.1. The van der Waals surface area contributed by atoms with Gasteiger partial charge >= 0.3 is 0 Å². The topological polar surface area (TPSA) is 50.4 Å². The number of hydrogen-bond acceptors (Lipinski definition) is 3. The fourth-order valence-electron chi connectivity index (χ4n) is 1.45. The van der Waals surface area contributed by atoms with Crippen LogP contribution in [0.2, 0.25) is 0 Å². The highest BCUT2D eigenvalue weighted by molar-refractivity contribution is 5.93. The molecule has 0 saturated heterocycles. The molecule has 0 spiro atoms. The van der Waals surface area contributed by atoms with Crippen LogP contribution in [-0.4, -0.2) is 25.1 Å². The molecule has 0 heterocycles. The monoisotopic (exact) mass is 262 g/mol. The van der Waals surface area contributed by atoms with Gasteiger partial charge in [0, 0.05) is 6.04 Å². The van der Waals surface area contributed by atoms with Crippen LogP contribution in [0.5, 0.6) is 5.75 Å². The van der Waals surface area contributed by atoms with Crippen LogP contribution < -0.4 is 15.4 Å². The van der Waals surface area contributed by atoms with Gasteiger partial charge in [0.2, 0.25) is 5.91 Å². The van der Waals surface area contributed by atoms with Crippen LogP contribution in [0.25, 0.3) is 0 Å². The lowest BCUT2D eigenvalue weighted by Crippen LogP contribution is -2.34. The standard InChI is InChI=1S/C15H22N2O2/c1-4-10-19-14-9-7-6-8-13(14)17-15(18)11-16-12(3)5-2/h4,6-9,12,16H,1,5,10-11H2,2-3H3,(H,17,18). The second-order valence-corrected chi connectivity index (χ2v) is 4.33. The average Bonchev–Trinajstić information content (AvgIpc) is 2.43. The Kier molecular flexibility index (Phi) is 6.68. The third kappa shape index (κ3) is 5.57.